The number of benzene rings is 1. The van der Waals surface area contributed by atoms with Crippen LogP contribution in [0.2, 0.25) is 0 Å². The van der Waals surface area contributed by atoms with E-state index in [1.807, 2.05) is 25.1 Å². The molecule has 0 aliphatic carbocycles. The van der Waals surface area contributed by atoms with E-state index in [1.54, 1.807) is 7.11 Å². The van der Waals surface area contributed by atoms with Gasteiger partial charge in [-0.15, -0.1) is 24.0 Å². The summed E-state index contributed by atoms with van der Waals surface area (Å²) in [6.07, 6.45) is 2.80. The summed E-state index contributed by atoms with van der Waals surface area (Å²) in [4.78, 5) is 6.81. The zero-order chi connectivity index (χ0) is 19.0. The quantitative estimate of drug-likeness (QED) is 0.241. The Bertz CT molecular complexity index is 712. The fraction of sp³-hybridized carbons (Fsp3) is 0.611. The highest BCUT2D eigenvalue weighted by molar-refractivity contribution is 14.0. The van der Waals surface area contributed by atoms with Crippen molar-refractivity contribution in [1.29, 1.82) is 0 Å². The highest BCUT2D eigenvalue weighted by Gasteiger charge is 2.25. The van der Waals surface area contributed by atoms with Crippen molar-refractivity contribution in [2.75, 3.05) is 50.2 Å². The Morgan fingerprint density at radius 3 is 2.78 bits per heavy atom. The number of hydrogen-bond acceptors (Lipinski definition) is 5. The maximum Gasteiger partial charge on any atom is 0.191 e. The first-order valence-electron chi connectivity index (χ1n) is 9.03. The van der Waals surface area contributed by atoms with Gasteiger partial charge >= 0.3 is 0 Å². The number of methoxy groups -OCH3 is 1. The number of nitrogens with zero attached hydrogens (tertiary/aromatic N) is 2. The fourth-order valence-corrected chi connectivity index (χ4v) is 3.67. The van der Waals surface area contributed by atoms with Crippen molar-refractivity contribution in [1.82, 2.24) is 10.6 Å². The molecule has 1 aromatic carbocycles. The van der Waals surface area contributed by atoms with Crippen molar-refractivity contribution < 1.29 is 13.2 Å². The minimum atomic E-state index is -2.93. The summed E-state index contributed by atoms with van der Waals surface area (Å²) >= 11 is 0. The van der Waals surface area contributed by atoms with Crippen LogP contribution < -0.4 is 20.3 Å². The molecule has 0 saturated carbocycles. The number of sulfone groups is 1. The Hall–Kier alpha value is -1.23. The summed E-state index contributed by atoms with van der Waals surface area (Å²) < 4.78 is 27.9. The van der Waals surface area contributed by atoms with Crippen molar-refractivity contribution in [3.63, 3.8) is 0 Å². The molecule has 1 aromatic rings. The largest absolute Gasteiger partial charge is 0.495 e. The van der Waals surface area contributed by atoms with Crippen molar-refractivity contribution >= 4 is 45.5 Å². The van der Waals surface area contributed by atoms with Gasteiger partial charge in [-0.3, -0.25) is 4.99 Å². The maximum absolute atomic E-state index is 11.2. The van der Waals surface area contributed by atoms with Crippen molar-refractivity contribution in [3.8, 4) is 5.75 Å². The lowest BCUT2D eigenvalue weighted by molar-refractivity contribution is 0.415. The molecule has 1 fully saturated rings. The van der Waals surface area contributed by atoms with Crippen LogP contribution in [0.1, 0.15) is 19.8 Å². The van der Waals surface area contributed by atoms with E-state index in [-0.39, 0.29) is 35.8 Å². The first-order chi connectivity index (χ1) is 12.4. The predicted octanol–water partition coefficient (Wildman–Crippen LogP) is 1.88. The molecule has 0 bridgehead atoms. The number of guanidine groups is 1. The normalized spacial score (nSPS) is 17.4. The number of rotatable bonds is 8. The third-order valence-electron chi connectivity index (χ3n) is 4.24. The van der Waals surface area contributed by atoms with Crippen LogP contribution in [-0.4, -0.2) is 65.7 Å². The third kappa shape index (κ3) is 8.12. The molecule has 27 heavy (non-hydrogen) atoms. The van der Waals surface area contributed by atoms with Crippen molar-refractivity contribution in [2.24, 2.45) is 4.99 Å². The van der Waals surface area contributed by atoms with Crippen LogP contribution in [0.15, 0.2) is 29.3 Å². The molecular weight excluding hydrogens is 479 g/mol. The number of nitrogens with one attached hydrogen (secondary N) is 2. The lowest BCUT2D eigenvalue weighted by Gasteiger charge is -2.22. The Balaban J connectivity index is 0.00000364. The van der Waals surface area contributed by atoms with E-state index in [2.05, 4.69) is 26.6 Å². The van der Waals surface area contributed by atoms with Crippen molar-refractivity contribution in [3.05, 3.63) is 24.3 Å². The minimum Gasteiger partial charge on any atom is -0.495 e. The van der Waals surface area contributed by atoms with Crippen LogP contribution >= 0.6 is 24.0 Å². The first kappa shape index (κ1) is 23.8. The third-order valence-corrected chi connectivity index (χ3v) is 5.27. The second-order valence-electron chi connectivity index (χ2n) is 6.49. The summed E-state index contributed by atoms with van der Waals surface area (Å²) in [6.45, 7) is 5.09. The highest BCUT2D eigenvalue weighted by atomic mass is 127. The molecule has 0 amide bonds. The van der Waals surface area contributed by atoms with Crippen LogP contribution in [0.3, 0.4) is 0 Å². The van der Waals surface area contributed by atoms with Crippen molar-refractivity contribution in [2.45, 2.75) is 25.8 Å². The number of para-hydroxylation sites is 2. The maximum atomic E-state index is 11.2. The molecule has 1 unspecified atom stereocenters. The molecule has 7 nitrogen and oxygen atoms in total. The first-order valence-corrected chi connectivity index (χ1v) is 11.1. The van der Waals surface area contributed by atoms with E-state index < -0.39 is 9.84 Å². The topological polar surface area (TPSA) is 83.0 Å². The Kier molecular flexibility index (Phi) is 10.2. The van der Waals surface area contributed by atoms with Gasteiger partial charge in [0.15, 0.2) is 5.96 Å². The summed E-state index contributed by atoms with van der Waals surface area (Å²) in [6, 6.07) is 8.33. The summed E-state index contributed by atoms with van der Waals surface area (Å²) in [5, 5.41) is 6.69. The van der Waals surface area contributed by atoms with Gasteiger partial charge in [0.25, 0.3) is 0 Å². The second-order valence-corrected chi connectivity index (χ2v) is 8.75. The van der Waals surface area contributed by atoms with E-state index >= 15 is 0 Å². The van der Waals surface area contributed by atoms with Crippen LogP contribution in [0.4, 0.5) is 5.69 Å². The number of aliphatic imine (C=N–C) groups is 1. The molecule has 1 saturated heterocycles. The average Bonchev–Trinajstić information content (AvgIpc) is 3.06. The van der Waals surface area contributed by atoms with Gasteiger partial charge in [-0.2, -0.15) is 0 Å². The lowest BCUT2D eigenvalue weighted by atomic mass is 10.2. The van der Waals surface area contributed by atoms with Gasteiger partial charge < -0.3 is 20.3 Å². The molecule has 1 heterocycles. The van der Waals surface area contributed by atoms with E-state index in [0.29, 0.717) is 13.0 Å². The standard InChI is InChI=1S/C18H30N4O3S.HI/c1-4-19-18(20-11-7-13-26(3,23)24)21-15-10-12-22(14-15)16-8-5-6-9-17(16)25-2;/h5-6,8-9,15H,4,7,10-14H2,1-3H3,(H2,19,20,21);1H. The summed E-state index contributed by atoms with van der Waals surface area (Å²) in [5.41, 5.74) is 1.11. The zero-order valence-corrected chi connectivity index (χ0v) is 19.4. The second kappa shape index (κ2) is 11.6. The Morgan fingerprint density at radius 2 is 2.11 bits per heavy atom. The van der Waals surface area contributed by atoms with E-state index in [0.717, 1.165) is 43.5 Å². The summed E-state index contributed by atoms with van der Waals surface area (Å²) in [7, 11) is -1.24. The monoisotopic (exact) mass is 510 g/mol. The van der Waals surface area contributed by atoms with Crippen LogP contribution in [-0.2, 0) is 9.84 Å². The van der Waals surface area contributed by atoms with Gasteiger partial charge in [0.05, 0.1) is 18.6 Å². The van der Waals surface area contributed by atoms with E-state index in [1.165, 1.54) is 6.26 Å². The van der Waals surface area contributed by atoms with Crippen LogP contribution in [0.5, 0.6) is 5.75 Å². The molecule has 1 atom stereocenters. The fourth-order valence-electron chi connectivity index (χ4n) is 3.02. The van der Waals surface area contributed by atoms with Gasteiger partial charge in [-0.05, 0) is 31.9 Å². The average molecular weight is 510 g/mol. The van der Waals surface area contributed by atoms with Gasteiger partial charge in [-0.25, -0.2) is 8.42 Å². The minimum absolute atomic E-state index is 0. The lowest BCUT2D eigenvalue weighted by Crippen LogP contribution is -2.44. The smallest absolute Gasteiger partial charge is 0.191 e. The molecule has 1 aliphatic heterocycles. The van der Waals surface area contributed by atoms with Gasteiger partial charge in [0.2, 0.25) is 0 Å². The molecular formula is C18H31IN4O3S. The summed E-state index contributed by atoms with van der Waals surface area (Å²) in [5.74, 6) is 1.79. The van der Waals surface area contributed by atoms with E-state index in [9.17, 15) is 8.42 Å². The number of hydrogen-bond donors (Lipinski definition) is 2. The molecule has 9 heteroatoms. The molecule has 2 N–H and O–H groups in total. The SMILES string of the molecule is CCNC(=NCCCS(C)(=O)=O)NC1CCN(c2ccccc2OC)C1.I. The van der Waals surface area contributed by atoms with Gasteiger partial charge in [-0.1, -0.05) is 12.1 Å². The Labute approximate surface area is 179 Å². The molecule has 0 radical (unpaired) electrons. The van der Waals surface area contributed by atoms with Gasteiger partial charge in [0.1, 0.15) is 15.6 Å². The Morgan fingerprint density at radius 1 is 1.37 bits per heavy atom. The number of ether oxygens (including phenoxy) is 1. The molecule has 1 aliphatic rings. The predicted molar refractivity (Wildman–Crippen MR) is 122 cm³/mol. The molecule has 0 aromatic heterocycles. The van der Waals surface area contributed by atoms with E-state index in [4.69, 9.17) is 4.74 Å². The molecule has 0 spiro atoms. The van der Waals surface area contributed by atoms with Gasteiger partial charge in [0, 0.05) is 38.5 Å². The molecule has 154 valence electrons. The highest BCUT2D eigenvalue weighted by Crippen LogP contribution is 2.30. The number of halogens is 1. The van der Waals surface area contributed by atoms with Crippen LogP contribution in [0.25, 0.3) is 0 Å². The zero-order valence-electron chi connectivity index (χ0n) is 16.3. The van der Waals surface area contributed by atoms with Crippen LogP contribution in [0, 0.1) is 0 Å². The molecule has 2 rings (SSSR count). The number of anilines is 1.